The fraction of sp³-hybridized carbons (Fsp3) is 0.446. The van der Waals surface area contributed by atoms with Crippen LogP contribution in [0.2, 0.25) is 15.5 Å². The number of aryl methyl sites for hydroxylation is 6. The molecule has 3 fully saturated rings. The number of carbonyl (C=O) groups excluding carboxylic acids is 3. The Morgan fingerprint density at radius 1 is 0.608 bits per heavy atom. The molecule has 0 aliphatic carbocycles. The molecule has 97 heavy (non-hydrogen) atoms. The van der Waals surface area contributed by atoms with Gasteiger partial charge < -0.3 is 46.3 Å². The van der Waals surface area contributed by atoms with E-state index >= 15 is 0 Å². The van der Waals surface area contributed by atoms with Gasteiger partial charge in [-0.3, -0.25) is 18.9 Å². The van der Waals surface area contributed by atoms with Gasteiger partial charge in [0, 0.05) is 79.0 Å². The number of urea groups is 1. The number of nitrogens with zero attached hydrogens (tertiary/aromatic N) is 14. The number of carbonyl (C=O) groups is 3. The van der Waals surface area contributed by atoms with Crippen molar-refractivity contribution in [2.45, 2.75) is 154 Å². The van der Waals surface area contributed by atoms with E-state index in [1.165, 1.54) is 28.0 Å². The molecule has 6 aliphatic heterocycles. The molecule has 6 bridgehead atoms. The molecule has 6 N–H and O–H groups in total. The maximum atomic E-state index is 12.7. The second kappa shape index (κ2) is 31.3. The Kier molecular flexibility index (Phi) is 23.5. The van der Waals surface area contributed by atoms with Gasteiger partial charge in [0.2, 0.25) is 17.8 Å². The van der Waals surface area contributed by atoms with Gasteiger partial charge in [0.1, 0.15) is 33.4 Å². The molecule has 530 valence electrons. The van der Waals surface area contributed by atoms with E-state index in [4.69, 9.17) is 54.2 Å². The first-order valence-corrected chi connectivity index (χ1v) is 32.7. The second-order valence-electron chi connectivity index (χ2n) is 25.1. The molecular formula is C65H91Cl4F3N20O5. The topological polar surface area (TPSA) is 279 Å². The summed E-state index contributed by atoms with van der Waals surface area (Å²) in [6.45, 7) is 12.7. The van der Waals surface area contributed by atoms with E-state index in [9.17, 15) is 27.6 Å². The zero-order valence-electron chi connectivity index (χ0n) is 55.3. The molecule has 32 heteroatoms. The summed E-state index contributed by atoms with van der Waals surface area (Å²) in [5.74, 6) is 1.93. The molecule has 3 saturated heterocycles. The van der Waals surface area contributed by atoms with Crippen LogP contribution < -0.4 is 36.6 Å². The first-order valence-electron chi connectivity index (χ1n) is 31.6. The molecular weight excluding hydrogens is 1340 g/mol. The third kappa shape index (κ3) is 18.4. The van der Waals surface area contributed by atoms with Crippen LogP contribution in [0.5, 0.6) is 5.75 Å². The number of nitrogens with one attached hydrogen (secondary N) is 6. The van der Waals surface area contributed by atoms with Crippen molar-refractivity contribution < 1.29 is 45.6 Å². The van der Waals surface area contributed by atoms with Crippen molar-refractivity contribution in [3.8, 4) is 5.75 Å². The first kappa shape index (κ1) is 72.7. The predicted molar refractivity (Wildman–Crippen MR) is 382 cm³/mol. The highest BCUT2D eigenvalue weighted by Crippen LogP contribution is 2.42. The van der Waals surface area contributed by atoms with Crippen LogP contribution in [0.25, 0.3) is 16.7 Å². The van der Waals surface area contributed by atoms with Gasteiger partial charge in [0.05, 0.1) is 64.8 Å². The Balaban J connectivity index is 0.000000363. The number of ether oxygens (including phenoxy) is 2. The largest absolute Gasteiger partial charge is 0.444 e. The zero-order valence-corrected chi connectivity index (χ0v) is 58.4. The van der Waals surface area contributed by atoms with Crippen LogP contribution in [-0.4, -0.2) is 148 Å². The number of rotatable bonds is 12. The fourth-order valence-corrected chi connectivity index (χ4v) is 12.6. The Hall–Kier alpha value is -8.57. The molecule has 0 radical (unpaired) electrons. The van der Waals surface area contributed by atoms with E-state index in [0.717, 1.165) is 77.0 Å². The van der Waals surface area contributed by atoms with Gasteiger partial charge in [-0.25, -0.2) is 44.3 Å². The highest BCUT2D eigenvalue weighted by Gasteiger charge is 2.43. The second-order valence-corrected chi connectivity index (χ2v) is 26.2. The monoisotopic (exact) mass is 1430 g/mol. The molecule has 6 atom stereocenters. The molecule has 0 saturated carbocycles. The van der Waals surface area contributed by atoms with Crippen molar-refractivity contribution >= 4 is 117 Å². The molecule has 6 aliphatic rings. The van der Waals surface area contributed by atoms with Crippen LogP contribution in [0, 0.1) is 20.8 Å². The molecule has 7 aromatic rings. The van der Waals surface area contributed by atoms with Crippen molar-refractivity contribution in [3.05, 3.63) is 135 Å². The van der Waals surface area contributed by atoms with Crippen molar-refractivity contribution in [1.82, 2.24) is 85.0 Å². The minimum atomic E-state index is -4.44. The molecule has 12 heterocycles. The van der Waals surface area contributed by atoms with Gasteiger partial charge in [0.25, 0.3) is 0 Å². The Bertz CT molecular complexity index is 4100. The van der Waals surface area contributed by atoms with Crippen molar-refractivity contribution in [1.29, 1.82) is 0 Å². The lowest BCUT2D eigenvalue weighted by atomic mass is 9.96. The van der Waals surface area contributed by atoms with E-state index < -0.39 is 30.4 Å². The number of amides is 4. The molecule has 1 aromatic carbocycles. The molecule has 4 amide bonds. The lowest BCUT2D eigenvalue weighted by molar-refractivity contribution is -0.123. The summed E-state index contributed by atoms with van der Waals surface area (Å²) in [5.41, 5.74) is 10.5. The molecule has 6 aromatic heterocycles. The summed E-state index contributed by atoms with van der Waals surface area (Å²) in [6, 6.07) is 9.07. The number of hydrogen-bond donors (Lipinski definition) is 6. The molecule has 13 rings (SSSR count). The maximum absolute atomic E-state index is 12.7. The van der Waals surface area contributed by atoms with Crippen molar-refractivity contribution in [2.24, 2.45) is 21.1 Å². The highest BCUT2D eigenvalue weighted by molar-refractivity contribution is 6.33. The Morgan fingerprint density at radius 2 is 1.05 bits per heavy atom. The third-order valence-electron chi connectivity index (χ3n) is 16.7. The number of aromatic nitrogens is 12. The van der Waals surface area contributed by atoms with Crippen LogP contribution in [0.4, 0.5) is 62.5 Å². The summed E-state index contributed by atoms with van der Waals surface area (Å²) in [4.78, 5) is 66.5. The molecule has 6 unspecified atom stereocenters. The SMILES string of the molecule is CCNC(=O)Oc1ccccc1.Cc1cnc(Nc2cnn(C)c2Cl)nc1C1=CC2CCC(C1)N2.Cc1cnc(Nc2cnn(C)c2Cl)nc1C1=CC2CCC(C1)N2C(=O)NCC(F)(F)F.Cc1cnc(Nc2cnn(C)c2Cl)nc1C1=CC2CCC(C1)N2C(=O)OC(C)(C)C.Cl.[HH].[HH].[HH].[HH].[HH].[HH]. The van der Waals surface area contributed by atoms with E-state index in [1.807, 2.05) is 82.2 Å². The lowest BCUT2D eigenvalue weighted by Gasteiger charge is -2.35. The molecule has 0 spiro atoms. The number of alkyl halides is 3. The Morgan fingerprint density at radius 3 is 1.44 bits per heavy atom. The van der Waals surface area contributed by atoms with E-state index in [1.54, 1.807) is 73.6 Å². The number of para-hydroxylation sites is 1. The number of anilines is 6. The zero-order chi connectivity index (χ0) is 68.8. The van der Waals surface area contributed by atoms with E-state index in [0.29, 0.717) is 87.6 Å². The molecule has 25 nitrogen and oxygen atoms in total. The average molecular weight is 1430 g/mol. The minimum absolute atomic E-state index is 0. The van der Waals surface area contributed by atoms with Gasteiger partial charge in [-0.2, -0.15) is 28.5 Å². The van der Waals surface area contributed by atoms with Gasteiger partial charge in [-0.1, -0.05) is 71.2 Å². The predicted octanol–water partition coefficient (Wildman–Crippen LogP) is 14.8. The highest BCUT2D eigenvalue weighted by atomic mass is 35.5. The minimum Gasteiger partial charge on any atom is -0.444 e. The summed E-state index contributed by atoms with van der Waals surface area (Å²) in [7, 11) is 5.28. The van der Waals surface area contributed by atoms with Crippen LogP contribution in [0.1, 0.15) is 128 Å². The fourth-order valence-electron chi connectivity index (χ4n) is 12.2. The first-order chi connectivity index (χ1) is 45.7. The number of halogens is 7. The van der Waals surface area contributed by atoms with Crippen LogP contribution in [-0.2, 0) is 25.9 Å². The van der Waals surface area contributed by atoms with Crippen molar-refractivity contribution in [2.75, 3.05) is 29.0 Å². The van der Waals surface area contributed by atoms with Crippen molar-refractivity contribution in [3.63, 3.8) is 0 Å². The summed E-state index contributed by atoms with van der Waals surface area (Å²) < 4.78 is 52.6. The summed E-state index contributed by atoms with van der Waals surface area (Å²) in [6.07, 6.45) is 19.6. The number of hydrogen-bond acceptors (Lipinski definition) is 18. The van der Waals surface area contributed by atoms with Gasteiger partial charge in [0.15, 0.2) is 0 Å². The third-order valence-corrected chi connectivity index (χ3v) is 18.0. The average Bonchev–Trinajstić information content (AvgIpc) is 1.69. The maximum Gasteiger partial charge on any atom is 0.412 e. The van der Waals surface area contributed by atoms with Crippen LogP contribution in [0.3, 0.4) is 0 Å². The lowest BCUT2D eigenvalue weighted by Crippen LogP contribution is -2.50. The number of benzene rings is 1. The van der Waals surface area contributed by atoms with E-state index in [2.05, 4.69) is 80.9 Å². The van der Waals surface area contributed by atoms with Crippen LogP contribution >= 0.6 is 47.2 Å². The quantitative estimate of drug-likeness (QED) is 0.0663. The summed E-state index contributed by atoms with van der Waals surface area (Å²) in [5, 5.41) is 31.2. The van der Waals surface area contributed by atoms with Crippen LogP contribution in [0.15, 0.2) is 85.7 Å². The number of fused-ring (bicyclic) bond motifs is 6. The van der Waals surface area contributed by atoms with Gasteiger partial charge in [-0.15, -0.1) is 12.4 Å². The Labute approximate surface area is 590 Å². The standard InChI is InChI=1S/C21H27ClN6O2.C19H21ClF3N7O.C16H19ClN6.C9H11NO2.ClH.6H2/c1-12-10-23-19(25-16-11-24-27(5)18(16)22)26-17(12)13-8-14-6-7-15(9-13)28(14)20(29)30-21(2,3)4;1-10-7-24-17(27-14-8-26-29(2)16(14)20)28-15(10)11-5-12-3-4-13(6-11)30(12)18(31)25-9-19(21,22)23;1-9-7-18-16(21-13-8-19-23(2)15(13)17)22-14(9)10-5-11-3-4-12(6-10)20-11;1-2-10-9(11)12-8-6-4-3-5-7-8;;;;;;;/h8,10-11,14-15H,6-7,9H2,1-5H3,(H,23,25,26);5,7-8,12-13H,3-4,6,9H2,1-2H3,(H,25,31)(H,24,27,28);5,7-8,11-12,20H,3-4,6H2,1-2H3,(H,18,21,22);3-7H,2H2,1H3,(H,10,11);7*1H. The smallest absolute Gasteiger partial charge is 0.412 e. The summed E-state index contributed by atoms with van der Waals surface area (Å²) >= 11 is 18.6. The van der Waals surface area contributed by atoms with Gasteiger partial charge in [-0.05, 0) is 152 Å². The van der Waals surface area contributed by atoms with Gasteiger partial charge >= 0.3 is 24.4 Å². The normalized spacial score (nSPS) is 19.6. The van der Waals surface area contributed by atoms with E-state index in [-0.39, 0.29) is 51.2 Å².